The number of ether oxygens (including phenoxy) is 1. The van der Waals surface area contributed by atoms with Crippen molar-refractivity contribution in [2.24, 2.45) is 0 Å². The van der Waals surface area contributed by atoms with Crippen LogP contribution in [0, 0.1) is 6.92 Å². The average molecular weight is 237 g/mol. The van der Waals surface area contributed by atoms with Gasteiger partial charge in [-0.05, 0) is 31.9 Å². The Labute approximate surface area is 99.6 Å². The number of pyridine rings is 1. The third-order valence-electron chi connectivity index (χ3n) is 2.76. The largest absolute Gasteiger partial charge is 0.377 e. The Morgan fingerprint density at radius 1 is 1.62 bits per heavy atom. The molecule has 0 saturated carbocycles. The summed E-state index contributed by atoms with van der Waals surface area (Å²) in [6.07, 6.45) is 3.82. The summed E-state index contributed by atoms with van der Waals surface area (Å²) in [4.78, 5) is 14.9. The summed E-state index contributed by atoms with van der Waals surface area (Å²) < 4.78 is 5.52. The highest BCUT2D eigenvalue weighted by atomic mass is 32.2. The molecule has 1 saturated heterocycles. The van der Waals surface area contributed by atoms with Crippen molar-refractivity contribution in [1.82, 2.24) is 4.98 Å². The number of thioether (sulfide) groups is 1. The first-order valence-corrected chi connectivity index (χ1v) is 6.28. The molecule has 1 aliphatic heterocycles. The van der Waals surface area contributed by atoms with Gasteiger partial charge in [-0.3, -0.25) is 4.79 Å². The van der Waals surface area contributed by atoms with Gasteiger partial charge in [0.1, 0.15) is 0 Å². The second kappa shape index (κ2) is 4.97. The van der Waals surface area contributed by atoms with Crippen LogP contribution in [0.4, 0.5) is 0 Å². The third kappa shape index (κ3) is 2.44. The van der Waals surface area contributed by atoms with Gasteiger partial charge in [-0.1, -0.05) is 11.8 Å². The van der Waals surface area contributed by atoms with Gasteiger partial charge in [0, 0.05) is 23.6 Å². The number of hydrogen-bond acceptors (Lipinski definition) is 4. The fourth-order valence-corrected chi connectivity index (χ4v) is 2.91. The van der Waals surface area contributed by atoms with Crippen LogP contribution in [0.3, 0.4) is 0 Å². The van der Waals surface area contributed by atoms with Crippen LogP contribution >= 0.6 is 11.8 Å². The van der Waals surface area contributed by atoms with E-state index in [-0.39, 0.29) is 6.10 Å². The summed E-state index contributed by atoms with van der Waals surface area (Å²) in [6.45, 7) is 4.92. The van der Waals surface area contributed by atoms with Crippen molar-refractivity contribution in [3.63, 3.8) is 0 Å². The molecule has 1 fully saturated rings. The van der Waals surface area contributed by atoms with E-state index < -0.39 is 0 Å². The van der Waals surface area contributed by atoms with Crippen LogP contribution in [0.25, 0.3) is 0 Å². The zero-order valence-electron chi connectivity index (χ0n) is 9.47. The third-order valence-corrected chi connectivity index (χ3v) is 4.33. The number of carbonyl (C=O) groups is 1. The molecule has 2 heterocycles. The molecule has 2 unspecified atom stereocenters. The van der Waals surface area contributed by atoms with E-state index in [1.54, 1.807) is 18.0 Å². The lowest BCUT2D eigenvalue weighted by atomic mass is 10.2. The Bertz CT molecular complexity index is 395. The number of aromatic nitrogens is 1. The van der Waals surface area contributed by atoms with Crippen LogP contribution < -0.4 is 0 Å². The van der Waals surface area contributed by atoms with E-state index in [2.05, 4.69) is 11.9 Å². The second-order valence-corrected chi connectivity index (χ2v) is 5.26. The average Bonchev–Trinajstić information content (AvgIpc) is 2.67. The summed E-state index contributed by atoms with van der Waals surface area (Å²) in [7, 11) is 0. The van der Waals surface area contributed by atoms with Crippen molar-refractivity contribution < 1.29 is 9.53 Å². The molecule has 0 amide bonds. The summed E-state index contributed by atoms with van der Waals surface area (Å²) in [5.41, 5.74) is 1.70. The quantitative estimate of drug-likeness (QED) is 0.757. The van der Waals surface area contributed by atoms with E-state index in [0.717, 1.165) is 29.9 Å². The maximum Gasteiger partial charge on any atom is 0.151 e. The summed E-state index contributed by atoms with van der Waals surface area (Å²) in [6, 6.07) is 1.88. The smallest absolute Gasteiger partial charge is 0.151 e. The molecular weight excluding hydrogens is 222 g/mol. The van der Waals surface area contributed by atoms with E-state index in [1.165, 1.54) is 0 Å². The predicted molar refractivity (Wildman–Crippen MR) is 64.0 cm³/mol. The number of hydrogen-bond donors (Lipinski definition) is 0. The Morgan fingerprint density at radius 2 is 2.44 bits per heavy atom. The molecule has 0 N–H and O–H groups in total. The lowest BCUT2D eigenvalue weighted by Crippen LogP contribution is -2.13. The number of rotatable bonds is 3. The lowest BCUT2D eigenvalue weighted by molar-refractivity contribution is 0.112. The van der Waals surface area contributed by atoms with Crippen molar-refractivity contribution in [2.45, 2.75) is 36.6 Å². The Morgan fingerprint density at radius 3 is 3.00 bits per heavy atom. The molecule has 1 aromatic rings. The molecule has 3 nitrogen and oxygen atoms in total. The highest BCUT2D eigenvalue weighted by Crippen LogP contribution is 2.32. The van der Waals surface area contributed by atoms with Crippen LogP contribution in [-0.4, -0.2) is 29.2 Å². The summed E-state index contributed by atoms with van der Waals surface area (Å²) >= 11 is 1.75. The number of nitrogens with zero attached hydrogens (tertiary/aromatic N) is 1. The van der Waals surface area contributed by atoms with Gasteiger partial charge < -0.3 is 4.74 Å². The zero-order valence-corrected chi connectivity index (χ0v) is 10.3. The first-order valence-electron chi connectivity index (χ1n) is 5.41. The van der Waals surface area contributed by atoms with Gasteiger partial charge in [-0.15, -0.1) is 0 Å². The van der Waals surface area contributed by atoms with Crippen LogP contribution in [-0.2, 0) is 4.74 Å². The standard InChI is InChI=1S/C12H15NO2S/c1-8-5-10(7-14)6-13-12(8)16-11-3-4-15-9(11)2/h5-7,9,11H,3-4H2,1-2H3. The monoisotopic (exact) mass is 237 g/mol. The lowest BCUT2D eigenvalue weighted by Gasteiger charge is -2.14. The van der Waals surface area contributed by atoms with Crippen molar-refractivity contribution in [3.8, 4) is 0 Å². The molecule has 86 valence electrons. The highest BCUT2D eigenvalue weighted by Gasteiger charge is 2.26. The molecule has 0 radical (unpaired) electrons. The van der Waals surface area contributed by atoms with Gasteiger partial charge in [-0.2, -0.15) is 0 Å². The number of aryl methyl sites for hydroxylation is 1. The van der Waals surface area contributed by atoms with Gasteiger partial charge in [0.2, 0.25) is 0 Å². The van der Waals surface area contributed by atoms with E-state index in [4.69, 9.17) is 4.74 Å². The topological polar surface area (TPSA) is 39.2 Å². The minimum Gasteiger partial charge on any atom is -0.377 e. The van der Waals surface area contributed by atoms with Gasteiger partial charge in [-0.25, -0.2) is 4.98 Å². The van der Waals surface area contributed by atoms with Gasteiger partial charge in [0.25, 0.3) is 0 Å². The van der Waals surface area contributed by atoms with Gasteiger partial charge in [0.05, 0.1) is 11.1 Å². The van der Waals surface area contributed by atoms with Crippen molar-refractivity contribution in [1.29, 1.82) is 0 Å². The van der Waals surface area contributed by atoms with Crippen LogP contribution in [0.15, 0.2) is 17.3 Å². The van der Waals surface area contributed by atoms with E-state index in [0.29, 0.717) is 10.8 Å². The first kappa shape index (κ1) is 11.6. The maximum atomic E-state index is 10.6. The van der Waals surface area contributed by atoms with Crippen LogP contribution in [0.1, 0.15) is 29.3 Å². The molecular formula is C12H15NO2S. The first-order chi connectivity index (χ1) is 7.70. The van der Waals surface area contributed by atoms with Crippen LogP contribution in [0.5, 0.6) is 0 Å². The molecule has 1 aromatic heterocycles. The molecule has 0 bridgehead atoms. The molecule has 1 aliphatic rings. The van der Waals surface area contributed by atoms with Crippen LogP contribution in [0.2, 0.25) is 0 Å². The normalized spacial score (nSPS) is 24.6. The fraction of sp³-hybridized carbons (Fsp3) is 0.500. The van der Waals surface area contributed by atoms with E-state index in [9.17, 15) is 4.79 Å². The minimum atomic E-state index is 0.289. The number of carbonyl (C=O) groups excluding carboxylic acids is 1. The fourth-order valence-electron chi connectivity index (χ4n) is 1.78. The maximum absolute atomic E-state index is 10.6. The predicted octanol–water partition coefficient (Wildman–Crippen LogP) is 2.47. The molecule has 2 atom stereocenters. The van der Waals surface area contributed by atoms with E-state index in [1.807, 2.05) is 13.0 Å². The second-order valence-electron chi connectivity index (χ2n) is 4.03. The zero-order chi connectivity index (χ0) is 11.5. The number of aldehydes is 1. The van der Waals surface area contributed by atoms with E-state index >= 15 is 0 Å². The Balaban J connectivity index is 2.12. The molecule has 4 heteroatoms. The molecule has 0 aromatic carbocycles. The highest BCUT2D eigenvalue weighted by molar-refractivity contribution is 8.00. The van der Waals surface area contributed by atoms with Crippen molar-refractivity contribution in [3.05, 3.63) is 23.4 Å². The van der Waals surface area contributed by atoms with Gasteiger partial charge >= 0.3 is 0 Å². The molecule has 0 spiro atoms. The Hall–Kier alpha value is -0.870. The molecule has 0 aliphatic carbocycles. The molecule has 2 rings (SSSR count). The van der Waals surface area contributed by atoms with Crippen molar-refractivity contribution in [2.75, 3.05) is 6.61 Å². The van der Waals surface area contributed by atoms with Gasteiger partial charge in [0.15, 0.2) is 6.29 Å². The minimum absolute atomic E-state index is 0.289. The SMILES string of the molecule is Cc1cc(C=O)cnc1SC1CCOC1C. The molecule has 16 heavy (non-hydrogen) atoms. The van der Waals surface area contributed by atoms with Crippen molar-refractivity contribution >= 4 is 18.0 Å². The summed E-state index contributed by atoms with van der Waals surface area (Å²) in [5.74, 6) is 0. The summed E-state index contributed by atoms with van der Waals surface area (Å²) in [5, 5.41) is 1.49. The Kier molecular flexibility index (Phi) is 3.61.